The van der Waals surface area contributed by atoms with Crippen LogP contribution in [0.2, 0.25) is 0 Å². The zero-order valence-corrected chi connectivity index (χ0v) is 11.8. The van der Waals surface area contributed by atoms with Gasteiger partial charge in [-0.1, -0.05) is 0 Å². The fourth-order valence-electron chi connectivity index (χ4n) is 2.30. The molecule has 5 nitrogen and oxygen atoms in total. The summed E-state index contributed by atoms with van der Waals surface area (Å²) in [5.74, 6) is 0.660. The fraction of sp³-hybridized carbons (Fsp3) is 0.188. The van der Waals surface area contributed by atoms with E-state index in [0.29, 0.717) is 5.76 Å². The summed E-state index contributed by atoms with van der Waals surface area (Å²) >= 11 is 0. The molecule has 0 amide bonds. The fourth-order valence-corrected chi connectivity index (χ4v) is 2.30. The monoisotopic (exact) mass is 283 g/mol. The van der Waals surface area contributed by atoms with Gasteiger partial charge in [-0.05, 0) is 35.9 Å². The van der Waals surface area contributed by atoms with Crippen LogP contribution in [-0.4, -0.2) is 14.7 Å². The third-order valence-electron chi connectivity index (χ3n) is 3.50. The van der Waals surface area contributed by atoms with Gasteiger partial charge in [-0.2, -0.15) is 0 Å². The van der Waals surface area contributed by atoms with Crippen molar-refractivity contribution in [2.24, 2.45) is 7.05 Å². The normalized spacial score (nSPS) is 10.8. The first-order chi connectivity index (χ1) is 10.3. The van der Waals surface area contributed by atoms with Gasteiger partial charge in [0.05, 0.1) is 19.3 Å². The summed E-state index contributed by atoms with van der Waals surface area (Å²) in [7, 11) is 2.02. The number of aliphatic hydroxyl groups is 1. The molecule has 0 aliphatic carbocycles. The second-order valence-corrected chi connectivity index (χ2v) is 4.86. The summed E-state index contributed by atoms with van der Waals surface area (Å²) in [5, 5.41) is 12.9. The largest absolute Gasteiger partial charge is 0.444 e. The Bertz CT molecular complexity index is 717. The van der Waals surface area contributed by atoms with Crippen molar-refractivity contribution in [3.8, 4) is 11.3 Å². The van der Waals surface area contributed by atoms with E-state index in [0.717, 1.165) is 23.4 Å². The lowest BCUT2D eigenvalue weighted by atomic mass is 10.1. The molecular weight excluding hydrogens is 266 g/mol. The van der Waals surface area contributed by atoms with Crippen molar-refractivity contribution in [1.29, 1.82) is 0 Å². The summed E-state index contributed by atoms with van der Waals surface area (Å²) in [6.07, 6.45) is 5.05. The molecule has 0 saturated heterocycles. The van der Waals surface area contributed by atoms with Crippen molar-refractivity contribution in [2.75, 3.05) is 5.32 Å². The predicted molar refractivity (Wildman–Crippen MR) is 80.6 cm³/mol. The van der Waals surface area contributed by atoms with Crippen LogP contribution in [0.15, 0.2) is 53.5 Å². The maximum Gasteiger partial charge on any atom is 0.181 e. The van der Waals surface area contributed by atoms with E-state index in [1.54, 1.807) is 6.20 Å². The van der Waals surface area contributed by atoms with Gasteiger partial charge in [-0.15, -0.1) is 0 Å². The molecule has 0 saturated carbocycles. The molecular formula is C16H17N3O2. The number of benzene rings is 1. The molecule has 0 aliphatic heterocycles. The molecule has 0 aliphatic rings. The molecule has 0 fully saturated rings. The average Bonchev–Trinajstić information content (AvgIpc) is 3.16. The quantitative estimate of drug-likeness (QED) is 0.756. The van der Waals surface area contributed by atoms with Gasteiger partial charge in [0, 0.05) is 30.2 Å². The maximum absolute atomic E-state index is 9.54. The smallest absolute Gasteiger partial charge is 0.181 e. The van der Waals surface area contributed by atoms with E-state index in [2.05, 4.69) is 20.9 Å². The van der Waals surface area contributed by atoms with Crippen LogP contribution in [0.25, 0.3) is 11.3 Å². The standard InChI is InChI=1S/C16H17N3O2/c1-19-6-2-3-14(19)8-18-13-4-5-15(12(7-13)10-20)16-9-17-11-21-16/h2-7,9,11,18,20H,8,10H2,1H3. The number of nitrogens with zero attached hydrogens (tertiary/aromatic N) is 2. The Balaban J connectivity index is 1.80. The summed E-state index contributed by atoms with van der Waals surface area (Å²) in [4.78, 5) is 3.91. The zero-order chi connectivity index (χ0) is 14.7. The number of hydrogen-bond donors (Lipinski definition) is 2. The highest BCUT2D eigenvalue weighted by Gasteiger charge is 2.09. The second-order valence-electron chi connectivity index (χ2n) is 4.86. The molecule has 21 heavy (non-hydrogen) atoms. The molecule has 108 valence electrons. The summed E-state index contributed by atoms with van der Waals surface area (Å²) < 4.78 is 7.36. The number of aromatic nitrogens is 2. The molecule has 0 radical (unpaired) electrons. The van der Waals surface area contributed by atoms with Gasteiger partial charge >= 0.3 is 0 Å². The number of aliphatic hydroxyl groups excluding tert-OH is 1. The highest BCUT2D eigenvalue weighted by Crippen LogP contribution is 2.26. The molecule has 5 heteroatoms. The Hall–Kier alpha value is -2.53. The average molecular weight is 283 g/mol. The minimum Gasteiger partial charge on any atom is -0.444 e. The first kappa shape index (κ1) is 13.5. The summed E-state index contributed by atoms with van der Waals surface area (Å²) in [6, 6.07) is 9.92. The van der Waals surface area contributed by atoms with Crippen molar-refractivity contribution in [3.05, 3.63) is 60.4 Å². The number of anilines is 1. The van der Waals surface area contributed by atoms with Crippen molar-refractivity contribution in [3.63, 3.8) is 0 Å². The highest BCUT2D eigenvalue weighted by molar-refractivity contribution is 5.65. The minimum absolute atomic E-state index is 0.0459. The van der Waals surface area contributed by atoms with Crippen molar-refractivity contribution < 1.29 is 9.52 Å². The molecule has 0 spiro atoms. The van der Waals surface area contributed by atoms with Gasteiger partial charge in [0.15, 0.2) is 12.2 Å². The first-order valence-corrected chi connectivity index (χ1v) is 6.74. The van der Waals surface area contributed by atoms with Gasteiger partial charge in [0.2, 0.25) is 0 Å². The predicted octanol–water partition coefficient (Wildman–Crippen LogP) is 2.78. The van der Waals surface area contributed by atoms with Gasteiger partial charge in [0.1, 0.15) is 0 Å². The van der Waals surface area contributed by atoms with E-state index >= 15 is 0 Å². The van der Waals surface area contributed by atoms with Gasteiger partial charge < -0.3 is 19.4 Å². The first-order valence-electron chi connectivity index (χ1n) is 6.74. The SMILES string of the molecule is Cn1cccc1CNc1ccc(-c2cnco2)c(CO)c1. The lowest BCUT2D eigenvalue weighted by molar-refractivity contribution is 0.282. The van der Waals surface area contributed by atoms with E-state index in [1.807, 2.05) is 37.5 Å². The van der Waals surface area contributed by atoms with Crippen LogP contribution in [0.4, 0.5) is 5.69 Å². The molecule has 0 unspecified atom stereocenters. The number of rotatable bonds is 5. The molecule has 2 heterocycles. The van der Waals surface area contributed by atoms with Gasteiger partial charge in [-0.25, -0.2) is 4.98 Å². The van der Waals surface area contributed by atoms with Crippen molar-refractivity contribution in [1.82, 2.24) is 9.55 Å². The Morgan fingerprint density at radius 2 is 2.24 bits per heavy atom. The molecule has 0 atom stereocenters. The topological polar surface area (TPSA) is 63.2 Å². The van der Waals surface area contributed by atoms with Crippen LogP contribution in [0.5, 0.6) is 0 Å². The van der Waals surface area contributed by atoms with E-state index in [4.69, 9.17) is 4.42 Å². The molecule has 0 bridgehead atoms. The number of aryl methyl sites for hydroxylation is 1. The van der Waals surface area contributed by atoms with Crippen LogP contribution in [-0.2, 0) is 20.2 Å². The zero-order valence-electron chi connectivity index (χ0n) is 11.8. The Morgan fingerprint density at radius 1 is 1.33 bits per heavy atom. The molecule has 3 aromatic rings. The van der Waals surface area contributed by atoms with Gasteiger partial charge in [-0.3, -0.25) is 0 Å². The molecule has 2 N–H and O–H groups in total. The van der Waals surface area contributed by atoms with Crippen LogP contribution < -0.4 is 5.32 Å². The second kappa shape index (κ2) is 5.85. The summed E-state index contributed by atoms with van der Waals surface area (Å²) in [5.41, 5.74) is 3.83. The Kier molecular flexibility index (Phi) is 3.75. The van der Waals surface area contributed by atoms with Crippen LogP contribution in [0.3, 0.4) is 0 Å². The third-order valence-corrected chi connectivity index (χ3v) is 3.50. The lowest BCUT2D eigenvalue weighted by Gasteiger charge is -2.11. The van der Waals surface area contributed by atoms with E-state index in [-0.39, 0.29) is 6.61 Å². The minimum atomic E-state index is -0.0459. The maximum atomic E-state index is 9.54. The molecule has 2 aromatic heterocycles. The highest BCUT2D eigenvalue weighted by atomic mass is 16.3. The number of nitrogens with one attached hydrogen (secondary N) is 1. The van der Waals surface area contributed by atoms with Crippen molar-refractivity contribution >= 4 is 5.69 Å². The van der Waals surface area contributed by atoms with Crippen LogP contribution >= 0.6 is 0 Å². The lowest BCUT2D eigenvalue weighted by Crippen LogP contribution is -2.04. The van der Waals surface area contributed by atoms with Crippen molar-refractivity contribution in [2.45, 2.75) is 13.2 Å². The molecule has 3 rings (SSSR count). The number of hydrogen-bond acceptors (Lipinski definition) is 4. The van der Waals surface area contributed by atoms with E-state index in [9.17, 15) is 5.11 Å². The Morgan fingerprint density at radius 3 is 2.90 bits per heavy atom. The number of oxazole rings is 1. The van der Waals surface area contributed by atoms with E-state index < -0.39 is 0 Å². The Labute approximate surface area is 122 Å². The van der Waals surface area contributed by atoms with Crippen LogP contribution in [0, 0.1) is 0 Å². The molecule has 1 aromatic carbocycles. The summed E-state index contributed by atoms with van der Waals surface area (Å²) in [6.45, 7) is 0.686. The van der Waals surface area contributed by atoms with Gasteiger partial charge in [0.25, 0.3) is 0 Å². The third kappa shape index (κ3) is 2.83. The van der Waals surface area contributed by atoms with E-state index in [1.165, 1.54) is 12.1 Å². The van der Waals surface area contributed by atoms with Crippen LogP contribution in [0.1, 0.15) is 11.3 Å².